The molecule has 2 atom stereocenters. The largest absolute Gasteiger partial charge is 0.484 e. The Morgan fingerprint density at radius 2 is 1.61 bits per heavy atom. The molecule has 5 heteroatoms. The molecule has 31 heavy (non-hydrogen) atoms. The van der Waals surface area contributed by atoms with Crippen molar-refractivity contribution in [3.8, 4) is 5.75 Å². The normalized spacial score (nSPS) is 13.3. The molecule has 0 saturated carbocycles. The average Bonchev–Trinajstić information content (AvgIpc) is 2.78. The van der Waals surface area contributed by atoms with Crippen molar-refractivity contribution in [1.29, 1.82) is 0 Å². The molecule has 3 N–H and O–H groups in total. The first-order valence-electron chi connectivity index (χ1n) is 10.6. The van der Waals surface area contributed by atoms with Gasteiger partial charge in [0.05, 0.1) is 5.69 Å². The Bertz CT molecular complexity index is 978. The maximum Gasteiger partial charge on any atom is 0.265 e. The zero-order chi connectivity index (χ0) is 22.4. The van der Waals surface area contributed by atoms with Crippen LogP contribution >= 0.6 is 0 Å². The van der Waals surface area contributed by atoms with E-state index in [1.807, 2.05) is 54.6 Å². The number of nitrogens with two attached hydrogens (primary N) is 1. The topological polar surface area (TPSA) is 77.2 Å². The van der Waals surface area contributed by atoms with Crippen LogP contribution in [-0.2, 0) is 0 Å². The molecule has 5 nitrogen and oxygen atoms in total. The lowest BCUT2D eigenvalue weighted by Crippen LogP contribution is -2.30. The van der Waals surface area contributed by atoms with Gasteiger partial charge in [-0.2, -0.15) is 0 Å². The average molecular weight is 418 g/mol. The molecule has 2 unspecified atom stereocenters. The van der Waals surface area contributed by atoms with E-state index in [0.29, 0.717) is 5.56 Å². The number of hydrazine groups is 1. The predicted molar refractivity (Wildman–Crippen MR) is 124 cm³/mol. The van der Waals surface area contributed by atoms with Gasteiger partial charge in [-0.3, -0.25) is 15.2 Å². The van der Waals surface area contributed by atoms with Gasteiger partial charge < -0.3 is 4.74 Å². The number of nitrogen functional groups attached to an aromatic ring is 1. The van der Waals surface area contributed by atoms with Gasteiger partial charge in [0.2, 0.25) is 0 Å². The Labute approximate surface area is 184 Å². The summed E-state index contributed by atoms with van der Waals surface area (Å²) < 4.78 is 6.21. The Hall–Kier alpha value is -3.18. The summed E-state index contributed by atoms with van der Waals surface area (Å²) in [6.07, 6.45) is 2.55. The Kier molecular flexibility index (Phi) is 7.08. The molecule has 1 heterocycles. The number of hydrogen-bond acceptors (Lipinski definition) is 4. The molecule has 0 bridgehead atoms. The molecule has 0 spiro atoms. The monoisotopic (exact) mass is 417 g/mol. The highest BCUT2D eigenvalue weighted by Gasteiger charge is 2.28. The molecule has 162 valence electrons. The first kappa shape index (κ1) is 22.5. The number of nitrogens with one attached hydrogen (secondary N) is 1. The van der Waals surface area contributed by atoms with Crippen LogP contribution in [0.5, 0.6) is 5.75 Å². The van der Waals surface area contributed by atoms with Crippen molar-refractivity contribution in [2.75, 3.05) is 0 Å². The van der Waals surface area contributed by atoms with Crippen molar-refractivity contribution < 1.29 is 9.53 Å². The number of benzene rings is 2. The molecule has 3 rings (SSSR count). The smallest absolute Gasteiger partial charge is 0.265 e. The number of carbonyl (C=O) groups excluding carboxylic acids is 1. The molecule has 2 aromatic carbocycles. The number of aromatic nitrogens is 1. The highest BCUT2D eigenvalue weighted by molar-refractivity contribution is 5.93. The highest BCUT2D eigenvalue weighted by Crippen LogP contribution is 2.41. The summed E-state index contributed by atoms with van der Waals surface area (Å²) in [4.78, 5) is 16.2. The molecule has 0 radical (unpaired) electrons. The van der Waals surface area contributed by atoms with Gasteiger partial charge in [-0.05, 0) is 59.4 Å². The number of pyridine rings is 1. The summed E-state index contributed by atoms with van der Waals surface area (Å²) in [6, 6.07) is 21.8. The molecule has 0 aliphatic rings. The molecule has 0 fully saturated rings. The number of carbonyl (C=O) groups is 1. The van der Waals surface area contributed by atoms with Gasteiger partial charge in [0.1, 0.15) is 11.9 Å². The van der Waals surface area contributed by atoms with Gasteiger partial charge in [-0.25, -0.2) is 5.84 Å². The van der Waals surface area contributed by atoms with Crippen LogP contribution in [0.3, 0.4) is 0 Å². The minimum Gasteiger partial charge on any atom is -0.484 e. The van der Waals surface area contributed by atoms with Crippen LogP contribution in [0.1, 0.15) is 73.3 Å². The van der Waals surface area contributed by atoms with Crippen LogP contribution in [0, 0.1) is 5.41 Å². The minimum atomic E-state index is -0.293. The highest BCUT2D eigenvalue weighted by atomic mass is 16.5. The zero-order valence-electron chi connectivity index (χ0n) is 18.6. The first-order chi connectivity index (χ1) is 14.8. The lowest BCUT2D eigenvalue weighted by molar-refractivity contribution is 0.0953. The molecule has 1 aromatic heterocycles. The summed E-state index contributed by atoms with van der Waals surface area (Å²) in [7, 11) is 0. The first-order valence-corrected chi connectivity index (χ1v) is 10.6. The van der Waals surface area contributed by atoms with Crippen molar-refractivity contribution in [2.45, 2.75) is 46.1 Å². The molecule has 0 saturated heterocycles. The van der Waals surface area contributed by atoms with E-state index in [9.17, 15) is 4.79 Å². The second-order valence-electron chi connectivity index (χ2n) is 8.73. The van der Waals surface area contributed by atoms with Crippen molar-refractivity contribution in [2.24, 2.45) is 11.3 Å². The fourth-order valence-corrected chi connectivity index (χ4v) is 3.93. The second kappa shape index (κ2) is 9.75. The van der Waals surface area contributed by atoms with Crippen LogP contribution in [0.25, 0.3) is 0 Å². The minimum absolute atomic E-state index is 0.0140. The number of hydrogen-bond donors (Lipinski definition) is 2. The molecule has 1 amide bonds. The Morgan fingerprint density at radius 1 is 1.00 bits per heavy atom. The summed E-state index contributed by atoms with van der Waals surface area (Å²) in [5.74, 6) is 5.93. The van der Waals surface area contributed by atoms with Gasteiger partial charge in [-0.1, -0.05) is 58.0 Å². The van der Waals surface area contributed by atoms with Gasteiger partial charge in [0, 0.05) is 17.7 Å². The third-order valence-electron chi connectivity index (χ3n) is 5.38. The third-order valence-corrected chi connectivity index (χ3v) is 5.38. The van der Waals surface area contributed by atoms with E-state index in [-0.39, 0.29) is 23.3 Å². The van der Waals surface area contributed by atoms with Crippen LogP contribution < -0.4 is 16.0 Å². The summed E-state index contributed by atoms with van der Waals surface area (Å²) in [6.45, 7) is 8.75. The maximum absolute atomic E-state index is 11.8. The second-order valence-corrected chi connectivity index (χ2v) is 8.73. The lowest BCUT2D eigenvalue weighted by atomic mass is 9.72. The van der Waals surface area contributed by atoms with Crippen molar-refractivity contribution in [1.82, 2.24) is 10.4 Å². The summed E-state index contributed by atoms with van der Waals surface area (Å²) in [5.41, 5.74) is 5.98. The fraction of sp³-hybridized carbons (Fsp3) is 0.308. The van der Waals surface area contributed by atoms with Gasteiger partial charge in [0.25, 0.3) is 5.91 Å². The quantitative estimate of drug-likeness (QED) is 0.307. The van der Waals surface area contributed by atoms with Gasteiger partial charge >= 0.3 is 0 Å². The number of amides is 1. The molecular weight excluding hydrogens is 386 g/mol. The number of rotatable bonds is 7. The molecule has 0 aliphatic heterocycles. The van der Waals surface area contributed by atoms with Crippen LogP contribution in [0.2, 0.25) is 0 Å². The van der Waals surface area contributed by atoms with E-state index < -0.39 is 0 Å². The standard InChI is InChI=1S/C26H31N3O2/c1-5-23(22-8-6-7-17-28-22)31-21-15-13-19(14-16-21)24(26(2,3)4)18-9-11-20(12-10-18)25(30)29-27/h6-17,23-24H,5,27H2,1-4H3,(H,29,30). The molecule has 0 aliphatic carbocycles. The predicted octanol–water partition coefficient (Wildman–Crippen LogP) is 5.39. The Balaban J connectivity index is 1.84. The van der Waals surface area contributed by atoms with Crippen LogP contribution in [0.4, 0.5) is 0 Å². The number of nitrogens with zero attached hydrogens (tertiary/aromatic N) is 1. The van der Waals surface area contributed by atoms with E-state index in [2.05, 4.69) is 50.2 Å². The van der Waals surface area contributed by atoms with Crippen LogP contribution in [-0.4, -0.2) is 10.9 Å². The SMILES string of the molecule is CCC(Oc1ccc(C(c2ccc(C(=O)NN)cc2)C(C)(C)C)cc1)c1ccccn1. The van der Waals surface area contributed by atoms with Crippen molar-refractivity contribution in [3.05, 3.63) is 95.3 Å². The van der Waals surface area contributed by atoms with E-state index in [0.717, 1.165) is 23.4 Å². The third kappa shape index (κ3) is 5.50. The fourth-order valence-electron chi connectivity index (χ4n) is 3.93. The lowest BCUT2D eigenvalue weighted by Gasteiger charge is -2.32. The Morgan fingerprint density at radius 3 is 2.10 bits per heavy atom. The summed E-state index contributed by atoms with van der Waals surface area (Å²) in [5, 5.41) is 0. The van der Waals surface area contributed by atoms with E-state index >= 15 is 0 Å². The summed E-state index contributed by atoms with van der Waals surface area (Å²) >= 11 is 0. The van der Waals surface area contributed by atoms with E-state index in [1.165, 1.54) is 5.56 Å². The molecule has 3 aromatic rings. The van der Waals surface area contributed by atoms with E-state index in [1.54, 1.807) is 6.20 Å². The van der Waals surface area contributed by atoms with Gasteiger partial charge in [-0.15, -0.1) is 0 Å². The molecular formula is C26H31N3O2. The maximum atomic E-state index is 11.8. The van der Waals surface area contributed by atoms with Crippen LogP contribution in [0.15, 0.2) is 72.9 Å². The number of ether oxygens (including phenoxy) is 1. The van der Waals surface area contributed by atoms with Crippen molar-refractivity contribution in [3.63, 3.8) is 0 Å². The zero-order valence-corrected chi connectivity index (χ0v) is 18.6. The van der Waals surface area contributed by atoms with Crippen molar-refractivity contribution >= 4 is 5.91 Å². The van der Waals surface area contributed by atoms with Gasteiger partial charge in [0.15, 0.2) is 0 Å². The van der Waals surface area contributed by atoms with E-state index in [4.69, 9.17) is 10.6 Å².